The number of hydrogen-bond acceptors (Lipinski definition) is 6. The lowest BCUT2D eigenvalue weighted by Crippen LogP contribution is -2.37. The van der Waals surface area contributed by atoms with Crippen LogP contribution in [0, 0.1) is 5.92 Å². The van der Waals surface area contributed by atoms with Gasteiger partial charge in [0.25, 0.3) is 5.91 Å². The van der Waals surface area contributed by atoms with E-state index in [0.717, 1.165) is 22.6 Å². The highest BCUT2D eigenvalue weighted by atomic mass is 32.2. The molecule has 0 N–H and O–H groups in total. The van der Waals surface area contributed by atoms with Crippen molar-refractivity contribution in [3.63, 3.8) is 0 Å². The molecular weight excluding hydrogens is 448 g/mol. The summed E-state index contributed by atoms with van der Waals surface area (Å²) in [6, 6.07) is 24.3. The summed E-state index contributed by atoms with van der Waals surface area (Å²) in [5, 5.41) is 1.72. The van der Waals surface area contributed by atoms with E-state index in [4.69, 9.17) is 9.57 Å². The maximum absolute atomic E-state index is 13.7. The molecule has 174 valence electrons. The summed E-state index contributed by atoms with van der Waals surface area (Å²) in [6.45, 7) is 2.66. The molecule has 2 saturated heterocycles. The molecule has 2 fully saturated rings. The van der Waals surface area contributed by atoms with Crippen LogP contribution in [0.3, 0.4) is 0 Å². The van der Waals surface area contributed by atoms with Crippen molar-refractivity contribution in [2.45, 2.75) is 30.4 Å². The van der Waals surface area contributed by atoms with Crippen LogP contribution in [0.4, 0.5) is 11.4 Å². The van der Waals surface area contributed by atoms with Gasteiger partial charge in [0.1, 0.15) is 11.7 Å². The van der Waals surface area contributed by atoms with Crippen LogP contribution < -0.4 is 14.7 Å². The first-order valence-electron chi connectivity index (χ1n) is 11.4. The molecule has 0 saturated carbocycles. The van der Waals surface area contributed by atoms with Gasteiger partial charge in [-0.2, -0.15) is 0 Å². The number of carbonyl (C=O) groups is 2. The molecule has 0 aliphatic carbocycles. The third-order valence-electron chi connectivity index (χ3n) is 6.15. The monoisotopic (exact) mass is 474 g/mol. The summed E-state index contributed by atoms with van der Waals surface area (Å²) in [4.78, 5) is 35.7. The fraction of sp³-hybridized carbons (Fsp3) is 0.259. The smallest absolute Gasteiger partial charge is 0.266 e. The number of hydrogen-bond donors (Lipinski definition) is 0. The molecule has 0 aromatic heterocycles. The molecule has 34 heavy (non-hydrogen) atoms. The van der Waals surface area contributed by atoms with Crippen molar-refractivity contribution in [3.05, 3.63) is 84.4 Å². The Morgan fingerprint density at radius 2 is 1.59 bits per heavy atom. The van der Waals surface area contributed by atoms with E-state index >= 15 is 0 Å². The normalized spacial score (nSPS) is 21.8. The van der Waals surface area contributed by atoms with Gasteiger partial charge in [-0.25, -0.2) is 9.96 Å². The average molecular weight is 475 g/mol. The minimum atomic E-state index is -0.881. The number of rotatable bonds is 7. The van der Waals surface area contributed by atoms with E-state index in [1.54, 1.807) is 41.1 Å². The SMILES string of the molecule is CCCOc1ccc(N2C(=O)[C@@H]3[C@H](ON(c4ccccc4)[C@@H]3c3ccc(SC)cc3)C2=O)cc1. The van der Waals surface area contributed by atoms with Gasteiger partial charge in [-0.05, 0) is 66.8 Å². The van der Waals surface area contributed by atoms with E-state index < -0.39 is 18.1 Å². The number of ether oxygens (including phenoxy) is 1. The zero-order chi connectivity index (χ0) is 23.7. The summed E-state index contributed by atoms with van der Waals surface area (Å²) in [7, 11) is 0. The standard InChI is InChI=1S/C27H26N2O4S/c1-3-17-32-21-13-11-19(12-14-21)28-26(30)23-24(18-9-15-22(34-2)16-10-18)29(33-25(23)27(28)31)20-7-5-4-6-8-20/h4-16,23-25H,3,17H2,1-2H3/t23-,24+,25-/m0/s1. The maximum Gasteiger partial charge on any atom is 0.266 e. The Morgan fingerprint density at radius 1 is 0.882 bits per heavy atom. The number of nitrogens with zero attached hydrogens (tertiary/aromatic N) is 2. The number of imide groups is 1. The number of carbonyl (C=O) groups excluding carboxylic acids is 2. The molecule has 2 heterocycles. The Morgan fingerprint density at radius 3 is 2.24 bits per heavy atom. The molecule has 0 unspecified atom stereocenters. The van der Waals surface area contributed by atoms with Crippen molar-refractivity contribution in [3.8, 4) is 5.75 Å². The van der Waals surface area contributed by atoms with E-state index in [-0.39, 0.29) is 11.8 Å². The molecule has 6 nitrogen and oxygen atoms in total. The minimum Gasteiger partial charge on any atom is -0.494 e. The second kappa shape index (κ2) is 9.52. The van der Waals surface area contributed by atoms with E-state index in [0.29, 0.717) is 18.0 Å². The maximum atomic E-state index is 13.7. The van der Waals surface area contributed by atoms with Crippen LogP contribution in [0.25, 0.3) is 0 Å². The second-order valence-electron chi connectivity index (χ2n) is 8.29. The van der Waals surface area contributed by atoms with Gasteiger partial charge in [0.05, 0.1) is 24.0 Å². The summed E-state index contributed by atoms with van der Waals surface area (Å²) < 4.78 is 5.64. The zero-order valence-corrected chi connectivity index (χ0v) is 19.9. The predicted molar refractivity (Wildman–Crippen MR) is 133 cm³/mol. The summed E-state index contributed by atoms with van der Waals surface area (Å²) in [5.41, 5.74) is 2.26. The molecule has 0 spiro atoms. The fourth-order valence-corrected chi connectivity index (χ4v) is 4.93. The third kappa shape index (κ3) is 3.95. The number of anilines is 2. The molecule has 2 aliphatic heterocycles. The molecule has 7 heteroatoms. The first kappa shape index (κ1) is 22.5. The molecule has 3 atom stereocenters. The summed E-state index contributed by atoms with van der Waals surface area (Å²) >= 11 is 1.66. The molecular formula is C27H26N2O4S. The van der Waals surface area contributed by atoms with Crippen molar-refractivity contribution in [1.29, 1.82) is 0 Å². The minimum absolute atomic E-state index is 0.255. The number of para-hydroxylation sites is 1. The molecule has 0 bridgehead atoms. The van der Waals surface area contributed by atoms with E-state index in [2.05, 4.69) is 0 Å². The van der Waals surface area contributed by atoms with Crippen molar-refractivity contribution in [1.82, 2.24) is 0 Å². The zero-order valence-electron chi connectivity index (χ0n) is 19.1. The number of amides is 2. The lowest BCUT2D eigenvalue weighted by Gasteiger charge is -2.28. The van der Waals surface area contributed by atoms with Crippen molar-refractivity contribution < 1.29 is 19.2 Å². The molecule has 3 aromatic rings. The van der Waals surface area contributed by atoms with Gasteiger partial charge in [-0.15, -0.1) is 11.8 Å². The molecule has 5 rings (SSSR count). The Hall–Kier alpha value is -3.29. The highest BCUT2D eigenvalue weighted by molar-refractivity contribution is 7.98. The molecule has 2 aliphatic rings. The largest absolute Gasteiger partial charge is 0.494 e. The van der Waals surface area contributed by atoms with Gasteiger partial charge in [0.2, 0.25) is 5.91 Å². The second-order valence-corrected chi connectivity index (χ2v) is 9.17. The summed E-state index contributed by atoms with van der Waals surface area (Å²) in [5.74, 6) is -0.539. The van der Waals surface area contributed by atoms with Gasteiger partial charge < -0.3 is 4.74 Å². The van der Waals surface area contributed by atoms with Gasteiger partial charge in [-0.3, -0.25) is 14.4 Å². The number of benzene rings is 3. The Balaban J connectivity index is 1.49. The van der Waals surface area contributed by atoms with E-state index in [9.17, 15) is 9.59 Å². The predicted octanol–water partition coefficient (Wildman–Crippen LogP) is 5.25. The third-order valence-corrected chi connectivity index (χ3v) is 6.89. The van der Waals surface area contributed by atoms with Gasteiger partial charge >= 0.3 is 0 Å². The van der Waals surface area contributed by atoms with Gasteiger partial charge in [0, 0.05) is 4.90 Å². The first-order valence-corrected chi connectivity index (χ1v) is 12.6. The Bertz CT molecular complexity index is 1170. The average Bonchev–Trinajstić information content (AvgIpc) is 3.39. The number of fused-ring (bicyclic) bond motifs is 1. The van der Waals surface area contributed by atoms with Crippen LogP contribution in [0.5, 0.6) is 5.75 Å². The van der Waals surface area contributed by atoms with Crippen LogP contribution in [0.1, 0.15) is 24.9 Å². The lowest BCUT2D eigenvalue weighted by atomic mass is 9.90. The van der Waals surface area contributed by atoms with Crippen LogP contribution in [-0.2, 0) is 14.4 Å². The van der Waals surface area contributed by atoms with Gasteiger partial charge in [0.15, 0.2) is 6.10 Å². The Labute approximate surface area is 203 Å². The summed E-state index contributed by atoms with van der Waals surface area (Å²) in [6.07, 6.45) is 2.05. The van der Waals surface area contributed by atoms with E-state index in [1.807, 2.05) is 67.8 Å². The lowest BCUT2D eigenvalue weighted by molar-refractivity contribution is -0.126. The molecule has 3 aromatic carbocycles. The van der Waals surface area contributed by atoms with Crippen molar-refractivity contribution >= 4 is 35.0 Å². The van der Waals surface area contributed by atoms with Crippen LogP contribution >= 0.6 is 11.8 Å². The highest BCUT2D eigenvalue weighted by Gasteiger charge is 2.60. The van der Waals surface area contributed by atoms with Crippen molar-refractivity contribution in [2.24, 2.45) is 5.92 Å². The van der Waals surface area contributed by atoms with E-state index in [1.165, 1.54) is 4.90 Å². The van der Waals surface area contributed by atoms with Crippen LogP contribution in [-0.4, -0.2) is 30.8 Å². The highest BCUT2D eigenvalue weighted by Crippen LogP contribution is 2.47. The molecule has 2 amide bonds. The Kier molecular flexibility index (Phi) is 6.30. The fourth-order valence-electron chi connectivity index (χ4n) is 4.52. The first-order chi connectivity index (χ1) is 16.6. The number of hydroxylamine groups is 1. The quantitative estimate of drug-likeness (QED) is 0.344. The van der Waals surface area contributed by atoms with Crippen molar-refractivity contribution in [2.75, 3.05) is 22.8 Å². The topological polar surface area (TPSA) is 59.1 Å². The van der Waals surface area contributed by atoms with Crippen LogP contribution in [0.15, 0.2) is 83.8 Å². The molecule has 0 radical (unpaired) electrons. The van der Waals surface area contributed by atoms with Crippen LogP contribution in [0.2, 0.25) is 0 Å². The number of thioether (sulfide) groups is 1. The van der Waals surface area contributed by atoms with Gasteiger partial charge in [-0.1, -0.05) is 37.3 Å².